The third-order valence-electron chi connectivity index (χ3n) is 2.12. The van der Waals surface area contributed by atoms with Crippen LogP contribution in [0.4, 0.5) is 0 Å². The molecule has 2 nitrogen and oxygen atoms in total. The van der Waals surface area contributed by atoms with Crippen molar-refractivity contribution in [1.82, 2.24) is 0 Å². The summed E-state index contributed by atoms with van der Waals surface area (Å²) in [5.41, 5.74) is 6.85. The first-order chi connectivity index (χ1) is 6.61. The van der Waals surface area contributed by atoms with E-state index in [2.05, 4.69) is 31.0 Å². The molecule has 0 heterocycles. The lowest BCUT2D eigenvalue weighted by atomic mass is 9.97. The summed E-state index contributed by atoms with van der Waals surface area (Å²) >= 11 is 0. The highest BCUT2D eigenvalue weighted by atomic mass is 35.5. The van der Waals surface area contributed by atoms with Gasteiger partial charge in [0.25, 0.3) is 0 Å². The smallest absolute Gasteiger partial charge is 0.0913 e. The molecule has 0 saturated heterocycles. The molecule has 1 atom stereocenters. The Morgan fingerprint density at radius 2 is 1.73 bits per heavy atom. The Balaban J connectivity index is 0.00000196. The van der Waals surface area contributed by atoms with Crippen LogP contribution in [0.15, 0.2) is 35.3 Å². The number of nitrogens with zero attached hydrogens (tertiary/aromatic N) is 1. The van der Waals surface area contributed by atoms with Gasteiger partial charge in [-0.3, -0.25) is 4.99 Å². The number of halogens is 1. The van der Waals surface area contributed by atoms with Crippen LogP contribution in [0.25, 0.3) is 0 Å². The molecule has 0 saturated carbocycles. The number of benzene rings is 1. The van der Waals surface area contributed by atoms with Crippen LogP contribution in [0.5, 0.6) is 0 Å². The molecular weight excluding hydrogens is 208 g/mol. The fraction of sp³-hybridized carbons (Fsp3) is 0.417. The summed E-state index contributed by atoms with van der Waals surface area (Å²) in [4.78, 5) is 4.44. The zero-order chi connectivity index (χ0) is 10.6. The fourth-order valence-corrected chi connectivity index (χ4v) is 1.48. The summed E-state index contributed by atoms with van der Waals surface area (Å²) in [5, 5.41) is 0. The number of nitrogens with two attached hydrogens (primary N) is 1. The van der Waals surface area contributed by atoms with Gasteiger partial charge in [0.05, 0.1) is 11.9 Å². The number of rotatable bonds is 3. The summed E-state index contributed by atoms with van der Waals surface area (Å²) in [7, 11) is 0. The van der Waals surface area contributed by atoms with Crippen molar-refractivity contribution < 1.29 is 0 Å². The minimum atomic E-state index is 0. The molecule has 0 radical (unpaired) electrons. The van der Waals surface area contributed by atoms with Crippen LogP contribution < -0.4 is 5.73 Å². The van der Waals surface area contributed by atoms with Crippen molar-refractivity contribution in [3.05, 3.63) is 35.9 Å². The van der Waals surface area contributed by atoms with Crippen LogP contribution in [0.3, 0.4) is 0 Å². The van der Waals surface area contributed by atoms with Gasteiger partial charge in [-0.15, -0.1) is 12.4 Å². The molecule has 0 bridgehead atoms. The van der Waals surface area contributed by atoms with E-state index in [0.29, 0.717) is 11.8 Å². The van der Waals surface area contributed by atoms with Gasteiger partial charge in [-0.05, 0) is 18.4 Å². The van der Waals surface area contributed by atoms with Crippen molar-refractivity contribution in [3.63, 3.8) is 0 Å². The van der Waals surface area contributed by atoms with E-state index in [1.165, 1.54) is 5.56 Å². The maximum absolute atomic E-state index is 5.62. The van der Waals surface area contributed by atoms with Gasteiger partial charge in [0.15, 0.2) is 0 Å². The molecule has 1 rings (SSSR count). The highest BCUT2D eigenvalue weighted by Gasteiger charge is 2.13. The van der Waals surface area contributed by atoms with Gasteiger partial charge in [-0.2, -0.15) is 0 Å². The zero-order valence-electron chi connectivity index (χ0n) is 9.47. The topological polar surface area (TPSA) is 38.4 Å². The molecule has 15 heavy (non-hydrogen) atoms. The molecule has 0 spiro atoms. The van der Waals surface area contributed by atoms with Crippen LogP contribution >= 0.6 is 12.4 Å². The van der Waals surface area contributed by atoms with Gasteiger partial charge in [-0.25, -0.2) is 0 Å². The summed E-state index contributed by atoms with van der Waals surface area (Å²) in [6.07, 6.45) is 0. The Bertz CT molecular complexity index is 303. The van der Waals surface area contributed by atoms with Crippen LogP contribution in [0.1, 0.15) is 32.4 Å². The third-order valence-corrected chi connectivity index (χ3v) is 2.12. The van der Waals surface area contributed by atoms with Crippen molar-refractivity contribution in [2.45, 2.75) is 26.8 Å². The molecule has 0 aliphatic rings. The van der Waals surface area contributed by atoms with E-state index in [9.17, 15) is 0 Å². The largest absolute Gasteiger partial charge is 0.388 e. The van der Waals surface area contributed by atoms with Gasteiger partial charge >= 0.3 is 0 Å². The van der Waals surface area contributed by atoms with Gasteiger partial charge in [0.1, 0.15) is 0 Å². The highest BCUT2D eigenvalue weighted by Crippen LogP contribution is 2.25. The molecule has 0 amide bonds. The highest BCUT2D eigenvalue weighted by molar-refractivity contribution is 5.85. The number of amidine groups is 1. The lowest BCUT2D eigenvalue weighted by Gasteiger charge is -2.17. The second-order valence-electron chi connectivity index (χ2n) is 3.87. The molecule has 1 aromatic carbocycles. The minimum absolute atomic E-state index is 0. The van der Waals surface area contributed by atoms with E-state index in [1.54, 1.807) is 0 Å². The van der Waals surface area contributed by atoms with Gasteiger partial charge < -0.3 is 5.73 Å². The summed E-state index contributed by atoms with van der Waals surface area (Å²) in [6, 6.07) is 10.5. The predicted octanol–water partition coefficient (Wildman–Crippen LogP) is 3.18. The maximum Gasteiger partial charge on any atom is 0.0913 e. The molecule has 0 aliphatic heterocycles. The van der Waals surface area contributed by atoms with Crippen LogP contribution in [-0.2, 0) is 0 Å². The monoisotopic (exact) mass is 226 g/mol. The Morgan fingerprint density at radius 1 is 1.20 bits per heavy atom. The normalized spacial score (nSPS) is 13.5. The molecule has 0 aromatic heterocycles. The molecule has 1 aromatic rings. The second-order valence-corrected chi connectivity index (χ2v) is 3.87. The van der Waals surface area contributed by atoms with Gasteiger partial charge in [-0.1, -0.05) is 44.2 Å². The van der Waals surface area contributed by atoms with Crippen molar-refractivity contribution in [1.29, 1.82) is 0 Å². The predicted molar refractivity (Wildman–Crippen MR) is 68.6 cm³/mol. The molecule has 0 aliphatic carbocycles. The van der Waals surface area contributed by atoms with E-state index in [0.717, 1.165) is 0 Å². The minimum Gasteiger partial charge on any atom is -0.388 e. The molecule has 1 unspecified atom stereocenters. The number of hydrogen-bond donors (Lipinski definition) is 1. The molecule has 0 fully saturated rings. The summed E-state index contributed by atoms with van der Waals surface area (Å²) in [6.45, 7) is 6.15. The summed E-state index contributed by atoms with van der Waals surface area (Å²) in [5.74, 6) is 1.11. The number of aliphatic imine (C=N–C) groups is 1. The number of hydrogen-bond acceptors (Lipinski definition) is 1. The quantitative estimate of drug-likeness (QED) is 0.624. The zero-order valence-corrected chi connectivity index (χ0v) is 10.3. The van der Waals surface area contributed by atoms with Crippen molar-refractivity contribution in [3.8, 4) is 0 Å². The Labute approximate surface area is 98.0 Å². The van der Waals surface area contributed by atoms with E-state index < -0.39 is 0 Å². The van der Waals surface area contributed by atoms with Crippen LogP contribution in [-0.4, -0.2) is 5.84 Å². The fourth-order valence-electron chi connectivity index (χ4n) is 1.48. The van der Waals surface area contributed by atoms with Crippen molar-refractivity contribution >= 4 is 18.2 Å². The third kappa shape index (κ3) is 4.34. The van der Waals surface area contributed by atoms with E-state index in [-0.39, 0.29) is 18.4 Å². The van der Waals surface area contributed by atoms with Crippen molar-refractivity contribution in [2.75, 3.05) is 0 Å². The molecule has 3 heteroatoms. The summed E-state index contributed by atoms with van der Waals surface area (Å²) < 4.78 is 0. The van der Waals surface area contributed by atoms with E-state index >= 15 is 0 Å². The Morgan fingerprint density at radius 3 is 2.13 bits per heavy atom. The standard InChI is InChI=1S/C12H18N2.ClH/c1-9(2)12(14-10(3)13)11-7-5-4-6-8-11;/h4-9,12H,1-3H3,(H2,13,14);1H. The Hall–Kier alpha value is -1.02. The van der Waals surface area contributed by atoms with E-state index in [1.807, 2.05) is 25.1 Å². The maximum atomic E-state index is 5.62. The van der Waals surface area contributed by atoms with Gasteiger partial charge in [0.2, 0.25) is 0 Å². The van der Waals surface area contributed by atoms with E-state index in [4.69, 9.17) is 5.73 Å². The van der Waals surface area contributed by atoms with Crippen molar-refractivity contribution in [2.24, 2.45) is 16.6 Å². The second kappa shape index (κ2) is 6.46. The van der Waals surface area contributed by atoms with Crippen LogP contribution in [0, 0.1) is 5.92 Å². The average molecular weight is 227 g/mol. The first-order valence-electron chi connectivity index (χ1n) is 4.96. The Kier molecular flexibility index (Phi) is 6.02. The van der Waals surface area contributed by atoms with Crippen LogP contribution in [0.2, 0.25) is 0 Å². The molecule has 84 valence electrons. The lowest BCUT2D eigenvalue weighted by molar-refractivity contribution is 0.516. The molecular formula is C12H19ClN2. The first kappa shape index (κ1) is 14.0. The first-order valence-corrected chi connectivity index (χ1v) is 4.96. The average Bonchev–Trinajstić information content (AvgIpc) is 2.15. The SMILES string of the molecule is CC(N)=NC(c1ccccc1)C(C)C.Cl. The lowest BCUT2D eigenvalue weighted by Crippen LogP contribution is -2.12. The molecule has 2 N–H and O–H groups in total. The van der Waals surface area contributed by atoms with Gasteiger partial charge in [0, 0.05) is 0 Å².